The fourth-order valence-corrected chi connectivity index (χ4v) is 10.3. The molecule has 0 radical (unpaired) electrons. The molecule has 1 fully saturated rings. The monoisotopic (exact) mass is 752 g/mol. The number of benzene rings is 8. The Morgan fingerprint density at radius 3 is 1.75 bits per heavy atom. The zero-order valence-corrected chi connectivity index (χ0v) is 31.6. The highest BCUT2D eigenvalue weighted by Gasteiger charge is 2.30. The largest absolute Gasteiger partial charge is 0.456 e. The van der Waals surface area contributed by atoms with Crippen LogP contribution >= 0.6 is 11.3 Å². The number of aromatic nitrogens is 1. The molecule has 0 spiro atoms. The fourth-order valence-electron chi connectivity index (χ4n) is 9.09. The van der Waals surface area contributed by atoms with Gasteiger partial charge in [-0.3, -0.25) is 16.0 Å². The van der Waals surface area contributed by atoms with Crippen LogP contribution in [-0.4, -0.2) is 4.57 Å². The first-order valence-electron chi connectivity index (χ1n) is 19.5. The predicted molar refractivity (Wildman–Crippen MR) is 237 cm³/mol. The first kappa shape index (κ1) is 32.7. The summed E-state index contributed by atoms with van der Waals surface area (Å²) in [7, 11) is 0. The summed E-state index contributed by atoms with van der Waals surface area (Å²) in [5.74, 6) is 0. The topological polar surface area (TPSA) is 54.2 Å². The van der Waals surface area contributed by atoms with Crippen molar-refractivity contribution in [3.05, 3.63) is 199 Å². The second-order valence-corrected chi connectivity index (χ2v) is 16.0. The number of para-hydroxylation sites is 2. The number of furan rings is 1. The molecule has 2 unspecified atom stereocenters. The van der Waals surface area contributed by atoms with Crippen LogP contribution in [0.5, 0.6) is 0 Å². The Kier molecular flexibility index (Phi) is 7.46. The molecular weight excluding hydrogens is 717 g/mol. The summed E-state index contributed by atoms with van der Waals surface area (Å²) < 4.78 is 11.6. The molecule has 3 N–H and O–H groups in total. The maximum Gasteiger partial charge on any atom is 0.136 e. The summed E-state index contributed by atoms with van der Waals surface area (Å²) in [5.41, 5.74) is 11.3. The second kappa shape index (κ2) is 13.0. The molecule has 0 saturated carbocycles. The molecule has 0 bridgehead atoms. The van der Waals surface area contributed by atoms with Crippen LogP contribution in [0.4, 0.5) is 0 Å². The maximum absolute atomic E-state index is 6.61. The van der Waals surface area contributed by atoms with Crippen LogP contribution in [0.3, 0.4) is 0 Å². The molecule has 4 heterocycles. The van der Waals surface area contributed by atoms with Gasteiger partial charge in [-0.2, -0.15) is 0 Å². The molecule has 2 atom stereocenters. The van der Waals surface area contributed by atoms with Crippen molar-refractivity contribution in [2.75, 3.05) is 0 Å². The van der Waals surface area contributed by atoms with E-state index in [0.717, 1.165) is 33.1 Å². The lowest BCUT2D eigenvalue weighted by Gasteiger charge is -2.39. The summed E-state index contributed by atoms with van der Waals surface area (Å²) in [5, 5.41) is 18.7. The Bertz CT molecular complexity index is 3210. The summed E-state index contributed by atoms with van der Waals surface area (Å²) in [6, 6.07) is 65.4. The van der Waals surface area contributed by atoms with Gasteiger partial charge in [-0.1, -0.05) is 133 Å². The third-order valence-corrected chi connectivity index (χ3v) is 12.9. The molecule has 272 valence electrons. The summed E-state index contributed by atoms with van der Waals surface area (Å²) in [6.45, 7) is 0. The smallest absolute Gasteiger partial charge is 0.136 e. The standard InChI is InChI=1S/C51H36N4OS/c1-3-13-31(14-4-1)49-52-50(32-15-5-2-6-16-32)54-51(53-49)34-26-28-44-40(29-34)38-27-25-33(30-45(38)56-44)35-19-12-24-46-47(35)39-20-11-23-43(48(39)57-46)55-41-21-9-7-17-36(41)37-18-8-10-22-42(37)55/h1-30,49-54H. The molecule has 6 heteroatoms. The lowest BCUT2D eigenvalue weighted by Crippen LogP contribution is -2.54. The molecule has 5 nitrogen and oxygen atoms in total. The van der Waals surface area contributed by atoms with E-state index in [1.54, 1.807) is 0 Å². The van der Waals surface area contributed by atoms with Gasteiger partial charge in [0, 0.05) is 37.0 Å². The molecule has 8 aromatic carbocycles. The molecule has 1 saturated heterocycles. The van der Waals surface area contributed by atoms with Crippen LogP contribution in [0.1, 0.15) is 35.2 Å². The van der Waals surface area contributed by atoms with E-state index in [9.17, 15) is 0 Å². The Morgan fingerprint density at radius 2 is 1.05 bits per heavy atom. The van der Waals surface area contributed by atoms with Gasteiger partial charge in [-0.05, 0) is 76.3 Å². The van der Waals surface area contributed by atoms with Crippen molar-refractivity contribution >= 4 is 75.3 Å². The highest BCUT2D eigenvalue weighted by molar-refractivity contribution is 7.26. The Morgan fingerprint density at radius 1 is 0.439 bits per heavy atom. The van der Waals surface area contributed by atoms with Gasteiger partial charge in [-0.25, -0.2) is 0 Å². The van der Waals surface area contributed by atoms with Gasteiger partial charge in [0.1, 0.15) is 11.2 Å². The SMILES string of the molecule is c1ccc(C2NC(c3ccccc3)NC(c3ccc4oc5cc(-c6cccc7sc8c(-n9c%10ccccc%10c%10ccccc%109)cccc8c67)ccc5c4c3)N2)cc1. The average Bonchev–Trinajstić information content (AvgIpc) is 3.96. The van der Waals surface area contributed by atoms with Crippen molar-refractivity contribution in [3.8, 4) is 16.8 Å². The lowest BCUT2D eigenvalue weighted by molar-refractivity contribution is 0.203. The number of fused-ring (bicyclic) bond motifs is 9. The van der Waals surface area contributed by atoms with E-state index >= 15 is 0 Å². The van der Waals surface area contributed by atoms with Crippen molar-refractivity contribution in [1.82, 2.24) is 20.5 Å². The van der Waals surface area contributed by atoms with E-state index in [-0.39, 0.29) is 18.5 Å². The van der Waals surface area contributed by atoms with Gasteiger partial charge >= 0.3 is 0 Å². The van der Waals surface area contributed by atoms with Crippen LogP contribution in [0.15, 0.2) is 186 Å². The van der Waals surface area contributed by atoms with Crippen LogP contribution in [0.25, 0.3) is 80.7 Å². The van der Waals surface area contributed by atoms with Crippen LogP contribution in [0.2, 0.25) is 0 Å². The minimum absolute atomic E-state index is 0.0315. The van der Waals surface area contributed by atoms with E-state index in [1.807, 2.05) is 11.3 Å². The molecule has 0 amide bonds. The van der Waals surface area contributed by atoms with Crippen molar-refractivity contribution < 1.29 is 4.42 Å². The molecule has 0 aliphatic carbocycles. The van der Waals surface area contributed by atoms with E-state index in [4.69, 9.17) is 4.42 Å². The molecule has 11 aromatic rings. The third kappa shape index (κ3) is 5.27. The number of nitrogens with zero attached hydrogens (tertiary/aromatic N) is 1. The molecule has 3 aromatic heterocycles. The Balaban J connectivity index is 0.949. The van der Waals surface area contributed by atoms with Crippen LogP contribution in [-0.2, 0) is 0 Å². The Labute approximate surface area is 332 Å². The molecule has 57 heavy (non-hydrogen) atoms. The summed E-state index contributed by atoms with van der Waals surface area (Å²) in [6.07, 6.45) is -0.154. The minimum Gasteiger partial charge on any atom is -0.456 e. The molecule has 1 aliphatic heterocycles. The van der Waals surface area contributed by atoms with Crippen LogP contribution < -0.4 is 16.0 Å². The number of nitrogens with one attached hydrogen (secondary N) is 3. The predicted octanol–water partition coefficient (Wildman–Crippen LogP) is 12.9. The van der Waals surface area contributed by atoms with Gasteiger partial charge < -0.3 is 8.98 Å². The van der Waals surface area contributed by atoms with Gasteiger partial charge in [-0.15, -0.1) is 11.3 Å². The first-order valence-corrected chi connectivity index (χ1v) is 20.3. The van der Waals surface area contributed by atoms with Crippen molar-refractivity contribution in [1.29, 1.82) is 0 Å². The highest BCUT2D eigenvalue weighted by atomic mass is 32.1. The fraction of sp³-hybridized carbons (Fsp3) is 0.0588. The number of thiophene rings is 1. The van der Waals surface area contributed by atoms with E-state index < -0.39 is 0 Å². The Hall–Kier alpha value is -6.54. The average molecular weight is 753 g/mol. The van der Waals surface area contributed by atoms with E-state index in [2.05, 4.69) is 203 Å². The number of rotatable bonds is 5. The molecule has 1 aliphatic rings. The quantitative estimate of drug-likeness (QED) is 0.164. The lowest BCUT2D eigenvalue weighted by atomic mass is 9.98. The minimum atomic E-state index is -0.0906. The number of hydrogen-bond acceptors (Lipinski definition) is 5. The van der Waals surface area contributed by atoms with Gasteiger partial charge in [0.15, 0.2) is 0 Å². The second-order valence-electron chi connectivity index (χ2n) is 15.0. The highest BCUT2D eigenvalue weighted by Crippen LogP contribution is 2.45. The zero-order valence-electron chi connectivity index (χ0n) is 30.8. The molecule has 12 rings (SSSR count). The summed E-state index contributed by atoms with van der Waals surface area (Å²) >= 11 is 1.87. The third-order valence-electron chi connectivity index (χ3n) is 11.7. The van der Waals surface area contributed by atoms with Gasteiger partial charge in [0.25, 0.3) is 0 Å². The van der Waals surface area contributed by atoms with E-state index in [0.29, 0.717) is 0 Å². The summed E-state index contributed by atoms with van der Waals surface area (Å²) in [4.78, 5) is 0. The van der Waals surface area contributed by atoms with Crippen LogP contribution in [0, 0.1) is 0 Å². The van der Waals surface area contributed by atoms with Crippen molar-refractivity contribution in [3.63, 3.8) is 0 Å². The molecular formula is C51H36N4OS. The van der Waals surface area contributed by atoms with Gasteiger partial charge in [0.2, 0.25) is 0 Å². The first-order chi connectivity index (χ1) is 28.2. The van der Waals surface area contributed by atoms with E-state index in [1.165, 1.54) is 64.4 Å². The normalized spacial score (nSPS) is 17.4. The van der Waals surface area contributed by atoms with Gasteiger partial charge in [0.05, 0.1) is 39.9 Å². The van der Waals surface area contributed by atoms with Crippen molar-refractivity contribution in [2.24, 2.45) is 0 Å². The van der Waals surface area contributed by atoms with Crippen molar-refractivity contribution in [2.45, 2.75) is 18.5 Å². The maximum atomic E-state index is 6.61. The zero-order chi connectivity index (χ0) is 37.5. The number of hydrogen-bond donors (Lipinski definition) is 3.